The third-order valence-electron chi connectivity index (χ3n) is 3.02. The largest absolute Gasteiger partial charge is 0.489 e. The van der Waals surface area contributed by atoms with Crippen LogP contribution >= 0.6 is 35.3 Å². The summed E-state index contributed by atoms with van der Waals surface area (Å²) >= 11 is 1.68. The SMILES string of the molecule is CCNC(=NCc1ncc(C)s1)NCC(C)Oc1ccccc1.I. The normalized spacial score (nSPS) is 12.2. The van der Waals surface area contributed by atoms with Gasteiger partial charge in [-0.15, -0.1) is 35.3 Å². The Morgan fingerprint density at radius 1 is 1.29 bits per heavy atom. The third kappa shape index (κ3) is 7.48. The zero-order chi connectivity index (χ0) is 16.5. The van der Waals surface area contributed by atoms with E-state index in [1.165, 1.54) is 4.88 Å². The van der Waals surface area contributed by atoms with Crippen molar-refractivity contribution >= 4 is 41.3 Å². The Labute approximate surface area is 165 Å². The zero-order valence-corrected chi connectivity index (χ0v) is 17.4. The fraction of sp³-hybridized carbons (Fsp3) is 0.412. The van der Waals surface area contributed by atoms with Gasteiger partial charge < -0.3 is 15.4 Å². The van der Waals surface area contributed by atoms with Gasteiger partial charge in [0.25, 0.3) is 0 Å². The molecule has 5 nitrogen and oxygen atoms in total. The lowest BCUT2D eigenvalue weighted by Crippen LogP contribution is -2.41. The van der Waals surface area contributed by atoms with E-state index in [1.807, 2.05) is 43.5 Å². The van der Waals surface area contributed by atoms with Crippen LogP contribution in [-0.2, 0) is 6.54 Å². The van der Waals surface area contributed by atoms with E-state index in [1.54, 1.807) is 11.3 Å². The number of benzene rings is 1. The maximum absolute atomic E-state index is 5.85. The average Bonchev–Trinajstić information content (AvgIpc) is 2.96. The summed E-state index contributed by atoms with van der Waals surface area (Å²) in [5, 5.41) is 7.57. The molecule has 0 spiro atoms. The van der Waals surface area contributed by atoms with E-state index >= 15 is 0 Å². The summed E-state index contributed by atoms with van der Waals surface area (Å²) in [5.41, 5.74) is 0. The summed E-state index contributed by atoms with van der Waals surface area (Å²) < 4.78 is 5.85. The fourth-order valence-corrected chi connectivity index (χ4v) is 2.69. The molecule has 0 bridgehead atoms. The number of aliphatic imine (C=N–C) groups is 1. The predicted molar refractivity (Wildman–Crippen MR) is 112 cm³/mol. The van der Waals surface area contributed by atoms with Gasteiger partial charge in [0.1, 0.15) is 16.9 Å². The number of halogens is 1. The maximum Gasteiger partial charge on any atom is 0.191 e. The number of hydrogen-bond donors (Lipinski definition) is 2. The van der Waals surface area contributed by atoms with Gasteiger partial charge >= 0.3 is 0 Å². The van der Waals surface area contributed by atoms with Gasteiger partial charge in [-0.1, -0.05) is 18.2 Å². The Morgan fingerprint density at radius 2 is 2.04 bits per heavy atom. The highest BCUT2D eigenvalue weighted by atomic mass is 127. The standard InChI is InChI=1S/C17H24N4OS.HI/c1-4-18-17(21-12-16-19-11-14(3)23-16)20-10-13(2)22-15-8-6-5-7-9-15;/h5-9,11,13H,4,10,12H2,1-3H3,(H2,18,20,21);1H. The number of rotatable bonds is 7. The lowest BCUT2D eigenvalue weighted by atomic mass is 10.3. The zero-order valence-electron chi connectivity index (χ0n) is 14.3. The molecule has 0 aliphatic rings. The first-order valence-electron chi connectivity index (χ1n) is 7.82. The Balaban J connectivity index is 0.00000288. The molecule has 0 saturated carbocycles. The number of nitrogens with zero attached hydrogens (tertiary/aromatic N) is 2. The molecule has 2 aromatic rings. The summed E-state index contributed by atoms with van der Waals surface area (Å²) in [6, 6.07) is 9.83. The molecule has 1 aromatic carbocycles. The molecule has 24 heavy (non-hydrogen) atoms. The quantitative estimate of drug-likeness (QED) is 0.377. The van der Waals surface area contributed by atoms with Crippen LogP contribution in [0, 0.1) is 6.92 Å². The number of aryl methyl sites for hydroxylation is 1. The van der Waals surface area contributed by atoms with Crippen molar-refractivity contribution in [3.8, 4) is 5.75 Å². The van der Waals surface area contributed by atoms with Crippen molar-refractivity contribution in [2.24, 2.45) is 4.99 Å². The average molecular weight is 460 g/mol. The van der Waals surface area contributed by atoms with E-state index in [2.05, 4.69) is 34.5 Å². The molecule has 7 heteroatoms. The topological polar surface area (TPSA) is 58.5 Å². The van der Waals surface area contributed by atoms with Crippen molar-refractivity contribution in [3.05, 3.63) is 46.4 Å². The molecule has 0 radical (unpaired) electrons. The van der Waals surface area contributed by atoms with Gasteiger partial charge in [-0.2, -0.15) is 0 Å². The molecule has 0 aliphatic carbocycles. The van der Waals surface area contributed by atoms with Gasteiger partial charge in [-0.3, -0.25) is 0 Å². The second-order valence-electron chi connectivity index (χ2n) is 5.18. The van der Waals surface area contributed by atoms with E-state index < -0.39 is 0 Å². The molecule has 1 unspecified atom stereocenters. The van der Waals surface area contributed by atoms with Crippen LogP contribution in [0.15, 0.2) is 41.5 Å². The van der Waals surface area contributed by atoms with Crippen LogP contribution in [0.25, 0.3) is 0 Å². The molecule has 1 heterocycles. The van der Waals surface area contributed by atoms with Gasteiger partial charge in [-0.25, -0.2) is 9.98 Å². The Morgan fingerprint density at radius 3 is 2.67 bits per heavy atom. The first-order chi connectivity index (χ1) is 11.2. The maximum atomic E-state index is 5.85. The highest BCUT2D eigenvalue weighted by molar-refractivity contribution is 14.0. The molecule has 0 aliphatic heterocycles. The van der Waals surface area contributed by atoms with Gasteiger partial charge in [0, 0.05) is 17.6 Å². The summed E-state index contributed by atoms with van der Waals surface area (Å²) in [6.07, 6.45) is 1.93. The van der Waals surface area contributed by atoms with Crippen LogP contribution < -0.4 is 15.4 Å². The summed E-state index contributed by atoms with van der Waals surface area (Å²) in [7, 11) is 0. The van der Waals surface area contributed by atoms with Crippen LogP contribution in [0.2, 0.25) is 0 Å². The van der Waals surface area contributed by atoms with E-state index in [4.69, 9.17) is 4.74 Å². The number of aromatic nitrogens is 1. The van der Waals surface area contributed by atoms with Crippen molar-refractivity contribution in [1.82, 2.24) is 15.6 Å². The minimum atomic E-state index is 0. The van der Waals surface area contributed by atoms with E-state index in [9.17, 15) is 0 Å². The molecular formula is C17H25IN4OS. The lowest BCUT2D eigenvalue weighted by Gasteiger charge is -2.17. The van der Waals surface area contributed by atoms with Crippen LogP contribution in [0.3, 0.4) is 0 Å². The van der Waals surface area contributed by atoms with E-state index in [0.29, 0.717) is 13.1 Å². The molecule has 1 aromatic heterocycles. The van der Waals surface area contributed by atoms with Gasteiger partial charge in [0.05, 0.1) is 13.1 Å². The highest BCUT2D eigenvalue weighted by Gasteiger charge is 2.06. The minimum Gasteiger partial charge on any atom is -0.489 e. The predicted octanol–water partition coefficient (Wildman–Crippen LogP) is 3.59. The van der Waals surface area contributed by atoms with Crippen molar-refractivity contribution in [3.63, 3.8) is 0 Å². The molecule has 2 N–H and O–H groups in total. The lowest BCUT2D eigenvalue weighted by molar-refractivity contribution is 0.224. The summed E-state index contributed by atoms with van der Waals surface area (Å²) in [4.78, 5) is 10.1. The van der Waals surface area contributed by atoms with Gasteiger partial charge in [0.15, 0.2) is 5.96 Å². The van der Waals surface area contributed by atoms with Crippen LogP contribution in [0.5, 0.6) is 5.75 Å². The van der Waals surface area contributed by atoms with Gasteiger partial charge in [-0.05, 0) is 32.9 Å². The Hall–Kier alpha value is -1.35. The molecule has 0 amide bonds. The van der Waals surface area contributed by atoms with E-state index in [0.717, 1.165) is 23.3 Å². The fourth-order valence-electron chi connectivity index (χ4n) is 1.98. The molecule has 0 saturated heterocycles. The van der Waals surface area contributed by atoms with Gasteiger partial charge in [0.2, 0.25) is 0 Å². The minimum absolute atomic E-state index is 0. The molecule has 1 atom stereocenters. The van der Waals surface area contributed by atoms with Crippen molar-refractivity contribution in [2.45, 2.75) is 33.4 Å². The number of ether oxygens (including phenoxy) is 1. The van der Waals surface area contributed by atoms with Crippen molar-refractivity contribution < 1.29 is 4.74 Å². The highest BCUT2D eigenvalue weighted by Crippen LogP contribution is 2.12. The summed E-state index contributed by atoms with van der Waals surface area (Å²) in [5.74, 6) is 1.66. The van der Waals surface area contributed by atoms with Crippen LogP contribution in [0.4, 0.5) is 0 Å². The summed E-state index contributed by atoms with van der Waals surface area (Å²) in [6.45, 7) is 8.22. The smallest absolute Gasteiger partial charge is 0.191 e. The van der Waals surface area contributed by atoms with Crippen LogP contribution in [-0.4, -0.2) is 30.1 Å². The molecular weight excluding hydrogens is 435 g/mol. The third-order valence-corrected chi connectivity index (χ3v) is 3.92. The number of para-hydroxylation sites is 1. The monoisotopic (exact) mass is 460 g/mol. The number of thiazole rings is 1. The molecule has 2 rings (SSSR count). The van der Waals surface area contributed by atoms with Crippen molar-refractivity contribution in [2.75, 3.05) is 13.1 Å². The Bertz CT molecular complexity index is 618. The van der Waals surface area contributed by atoms with Crippen molar-refractivity contribution in [1.29, 1.82) is 0 Å². The van der Waals surface area contributed by atoms with Crippen LogP contribution in [0.1, 0.15) is 23.7 Å². The second kappa shape index (κ2) is 11.2. The molecule has 0 fully saturated rings. The van der Waals surface area contributed by atoms with E-state index in [-0.39, 0.29) is 30.1 Å². The Kier molecular flexibility index (Phi) is 9.70. The first kappa shape index (κ1) is 20.7. The number of nitrogens with one attached hydrogen (secondary N) is 2. The molecule has 132 valence electrons. The second-order valence-corrected chi connectivity index (χ2v) is 6.50. The number of hydrogen-bond acceptors (Lipinski definition) is 4. The number of guanidine groups is 1. The first-order valence-corrected chi connectivity index (χ1v) is 8.64.